The molecule has 0 unspecified atom stereocenters. The lowest BCUT2D eigenvalue weighted by molar-refractivity contribution is 0.168. The number of anilines is 1. The third kappa shape index (κ3) is 4.39. The van der Waals surface area contributed by atoms with Crippen LogP contribution in [0, 0.1) is 0 Å². The maximum absolute atomic E-state index is 11.2. The van der Waals surface area contributed by atoms with Crippen molar-refractivity contribution in [2.24, 2.45) is 12.0 Å². The van der Waals surface area contributed by atoms with Gasteiger partial charge in [-0.2, -0.15) is 0 Å². The molecule has 0 aliphatic rings. The topological polar surface area (TPSA) is 68.5 Å². The number of hydrogen-bond donors (Lipinski definition) is 1. The van der Waals surface area contributed by atoms with E-state index in [0.29, 0.717) is 18.3 Å². The van der Waals surface area contributed by atoms with Crippen molar-refractivity contribution in [3.63, 3.8) is 0 Å². The standard InChI is InChI=1S/C10H16N4O2S/c1-5-16-10(15)12-8-13-14(4)9(17-8)11-6-7(2)3/h2,5-6H2,1,3-4H3,(H,12,13,15). The van der Waals surface area contributed by atoms with E-state index in [0.717, 1.165) is 10.4 Å². The second-order valence-corrected chi connectivity index (χ2v) is 4.39. The number of ether oxygens (including phenoxy) is 1. The predicted molar refractivity (Wildman–Crippen MR) is 67.0 cm³/mol. The number of carbonyl (C=O) groups is 1. The third-order valence-corrected chi connectivity index (χ3v) is 2.63. The summed E-state index contributed by atoms with van der Waals surface area (Å²) in [7, 11) is 1.77. The average molecular weight is 256 g/mol. The minimum Gasteiger partial charge on any atom is -0.450 e. The van der Waals surface area contributed by atoms with Gasteiger partial charge in [-0.25, -0.2) is 9.48 Å². The molecule has 0 saturated heterocycles. The van der Waals surface area contributed by atoms with E-state index in [-0.39, 0.29) is 0 Å². The molecule has 1 heterocycles. The number of carbonyl (C=O) groups excluding carboxylic acids is 1. The highest BCUT2D eigenvalue weighted by Crippen LogP contribution is 2.05. The van der Waals surface area contributed by atoms with Crippen LogP contribution in [0.25, 0.3) is 0 Å². The molecule has 1 rings (SSSR count). The van der Waals surface area contributed by atoms with E-state index in [1.165, 1.54) is 11.3 Å². The molecule has 1 N–H and O–H groups in total. The summed E-state index contributed by atoms with van der Waals surface area (Å²) >= 11 is 1.29. The van der Waals surface area contributed by atoms with Gasteiger partial charge in [0.05, 0.1) is 13.2 Å². The van der Waals surface area contributed by atoms with E-state index in [4.69, 9.17) is 4.74 Å². The molecule has 0 fully saturated rings. The number of rotatable bonds is 4. The van der Waals surface area contributed by atoms with Gasteiger partial charge in [-0.15, -0.1) is 5.10 Å². The highest BCUT2D eigenvalue weighted by Gasteiger charge is 2.06. The Balaban J connectivity index is 2.77. The number of nitrogens with one attached hydrogen (secondary N) is 1. The van der Waals surface area contributed by atoms with Crippen LogP contribution >= 0.6 is 11.3 Å². The zero-order valence-electron chi connectivity index (χ0n) is 10.2. The van der Waals surface area contributed by atoms with Gasteiger partial charge in [0.1, 0.15) is 0 Å². The molecular formula is C10H16N4O2S. The first-order valence-electron chi connectivity index (χ1n) is 5.15. The lowest BCUT2D eigenvalue weighted by Crippen LogP contribution is -2.14. The Morgan fingerprint density at radius 3 is 3.00 bits per heavy atom. The summed E-state index contributed by atoms with van der Waals surface area (Å²) in [6.45, 7) is 8.30. The first-order chi connectivity index (χ1) is 8.02. The van der Waals surface area contributed by atoms with Gasteiger partial charge in [0.2, 0.25) is 9.93 Å². The summed E-state index contributed by atoms with van der Waals surface area (Å²) in [6, 6.07) is 0. The fourth-order valence-electron chi connectivity index (χ4n) is 0.994. The SMILES string of the molecule is C=C(C)CN=c1sc(NC(=O)OCC)nn1C. The van der Waals surface area contributed by atoms with Crippen molar-refractivity contribution in [1.29, 1.82) is 0 Å². The number of nitrogens with zero attached hydrogens (tertiary/aromatic N) is 3. The van der Waals surface area contributed by atoms with Gasteiger partial charge in [-0.3, -0.25) is 10.3 Å². The lowest BCUT2D eigenvalue weighted by atomic mass is 10.4. The molecule has 0 aromatic carbocycles. The van der Waals surface area contributed by atoms with E-state index in [1.54, 1.807) is 18.7 Å². The van der Waals surface area contributed by atoms with Crippen LogP contribution in [-0.2, 0) is 11.8 Å². The molecule has 0 saturated carbocycles. The van der Waals surface area contributed by atoms with Crippen molar-refractivity contribution in [3.8, 4) is 0 Å². The zero-order valence-corrected chi connectivity index (χ0v) is 11.0. The Labute approximate surface area is 104 Å². The highest BCUT2D eigenvalue weighted by atomic mass is 32.1. The van der Waals surface area contributed by atoms with Gasteiger partial charge in [-0.1, -0.05) is 23.5 Å². The van der Waals surface area contributed by atoms with Crippen LogP contribution in [0.1, 0.15) is 13.8 Å². The summed E-state index contributed by atoms with van der Waals surface area (Å²) in [4.78, 5) is 16.2. The van der Waals surface area contributed by atoms with E-state index in [9.17, 15) is 4.79 Å². The maximum atomic E-state index is 11.2. The quantitative estimate of drug-likeness (QED) is 0.831. The summed E-state index contributed by atoms with van der Waals surface area (Å²) in [5.41, 5.74) is 0.971. The normalized spacial score (nSPS) is 11.4. The van der Waals surface area contributed by atoms with Gasteiger partial charge in [0.25, 0.3) is 0 Å². The summed E-state index contributed by atoms with van der Waals surface area (Å²) in [6.07, 6.45) is -0.506. The lowest BCUT2D eigenvalue weighted by Gasteiger charge is -1.99. The molecule has 0 radical (unpaired) electrons. The summed E-state index contributed by atoms with van der Waals surface area (Å²) in [5.74, 6) is 0. The minimum atomic E-state index is -0.506. The van der Waals surface area contributed by atoms with E-state index >= 15 is 0 Å². The summed E-state index contributed by atoms with van der Waals surface area (Å²) in [5, 5.41) is 7.11. The van der Waals surface area contributed by atoms with Gasteiger partial charge in [0.15, 0.2) is 0 Å². The van der Waals surface area contributed by atoms with Gasteiger partial charge in [0, 0.05) is 7.05 Å². The van der Waals surface area contributed by atoms with E-state index in [2.05, 4.69) is 22.0 Å². The second kappa shape index (κ2) is 6.19. The Bertz CT molecular complexity index is 475. The Morgan fingerprint density at radius 1 is 1.71 bits per heavy atom. The number of aryl methyl sites for hydroxylation is 1. The summed E-state index contributed by atoms with van der Waals surface area (Å²) < 4.78 is 6.36. The molecule has 0 bridgehead atoms. The third-order valence-electron chi connectivity index (χ3n) is 1.67. The fourth-order valence-corrected chi connectivity index (χ4v) is 1.77. The Hall–Kier alpha value is -1.63. The van der Waals surface area contributed by atoms with Gasteiger partial charge in [-0.05, 0) is 13.8 Å². The van der Waals surface area contributed by atoms with Crippen LogP contribution in [0.15, 0.2) is 17.1 Å². The molecule has 0 spiro atoms. The fraction of sp³-hybridized carbons (Fsp3) is 0.500. The smallest absolute Gasteiger partial charge is 0.413 e. The van der Waals surface area contributed by atoms with E-state index in [1.807, 2.05) is 6.92 Å². The van der Waals surface area contributed by atoms with Crippen LogP contribution in [0.4, 0.5) is 9.93 Å². The number of amides is 1. The largest absolute Gasteiger partial charge is 0.450 e. The van der Waals surface area contributed by atoms with Crippen LogP contribution in [0.5, 0.6) is 0 Å². The molecule has 1 aromatic heterocycles. The van der Waals surface area contributed by atoms with Crippen molar-refractivity contribution >= 4 is 22.6 Å². The Kier molecular flexibility index (Phi) is 4.89. The van der Waals surface area contributed by atoms with Crippen LogP contribution in [-0.4, -0.2) is 29.0 Å². The Morgan fingerprint density at radius 2 is 2.41 bits per heavy atom. The molecule has 94 valence electrons. The van der Waals surface area contributed by atoms with Crippen molar-refractivity contribution in [3.05, 3.63) is 17.0 Å². The van der Waals surface area contributed by atoms with Crippen LogP contribution < -0.4 is 10.1 Å². The number of hydrogen-bond acceptors (Lipinski definition) is 5. The van der Waals surface area contributed by atoms with Crippen molar-refractivity contribution in [2.75, 3.05) is 18.5 Å². The molecule has 1 aromatic rings. The first-order valence-corrected chi connectivity index (χ1v) is 5.97. The van der Waals surface area contributed by atoms with Gasteiger partial charge >= 0.3 is 6.09 Å². The van der Waals surface area contributed by atoms with Crippen LogP contribution in [0.2, 0.25) is 0 Å². The highest BCUT2D eigenvalue weighted by molar-refractivity contribution is 7.13. The molecule has 0 aliphatic heterocycles. The molecule has 0 atom stereocenters. The van der Waals surface area contributed by atoms with E-state index < -0.39 is 6.09 Å². The number of aromatic nitrogens is 2. The minimum absolute atomic E-state index is 0.330. The van der Waals surface area contributed by atoms with Crippen molar-refractivity contribution < 1.29 is 9.53 Å². The molecular weight excluding hydrogens is 240 g/mol. The monoisotopic (exact) mass is 256 g/mol. The second-order valence-electron chi connectivity index (χ2n) is 3.43. The van der Waals surface area contributed by atoms with Gasteiger partial charge < -0.3 is 4.74 Å². The van der Waals surface area contributed by atoms with Crippen molar-refractivity contribution in [1.82, 2.24) is 9.78 Å². The molecule has 7 heteroatoms. The van der Waals surface area contributed by atoms with Crippen LogP contribution in [0.3, 0.4) is 0 Å². The molecule has 1 amide bonds. The molecule has 17 heavy (non-hydrogen) atoms. The molecule has 0 aliphatic carbocycles. The molecule has 6 nitrogen and oxygen atoms in total. The average Bonchev–Trinajstić information content (AvgIpc) is 2.56. The predicted octanol–water partition coefficient (Wildman–Crippen LogP) is 1.53. The zero-order chi connectivity index (χ0) is 12.8. The maximum Gasteiger partial charge on any atom is 0.413 e. The van der Waals surface area contributed by atoms with Crippen molar-refractivity contribution in [2.45, 2.75) is 13.8 Å². The first kappa shape index (κ1) is 13.4.